The van der Waals surface area contributed by atoms with Crippen LogP contribution in [0.5, 0.6) is 0 Å². The molecule has 5 heteroatoms. The van der Waals surface area contributed by atoms with Gasteiger partial charge in [0.2, 0.25) is 0 Å². The number of carboxylic acid groups (broad SMARTS) is 1. The molecule has 0 fully saturated rings. The average Bonchev–Trinajstić information content (AvgIpc) is 2.80. The van der Waals surface area contributed by atoms with Crippen molar-refractivity contribution in [3.63, 3.8) is 0 Å². The van der Waals surface area contributed by atoms with Gasteiger partial charge < -0.3 is 14.7 Å². The second-order valence-corrected chi connectivity index (χ2v) is 5.39. The van der Waals surface area contributed by atoms with Crippen molar-refractivity contribution in [2.24, 2.45) is 0 Å². The Morgan fingerprint density at radius 3 is 2.83 bits per heavy atom. The third-order valence-corrected chi connectivity index (χ3v) is 3.82. The molecule has 0 aliphatic carbocycles. The molecule has 0 radical (unpaired) electrons. The van der Waals surface area contributed by atoms with E-state index in [0.29, 0.717) is 19.2 Å². The van der Waals surface area contributed by atoms with Crippen LogP contribution in [0.15, 0.2) is 17.5 Å². The van der Waals surface area contributed by atoms with Crippen molar-refractivity contribution in [3.8, 4) is 0 Å². The number of hydrogen-bond donors (Lipinski definition) is 1. The summed E-state index contributed by atoms with van der Waals surface area (Å²) in [6, 6.07) is 4.44. The molecule has 102 valence electrons. The minimum absolute atomic E-state index is 0.297. The minimum Gasteiger partial charge on any atom is -0.479 e. The smallest absolute Gasteiger partial charge is 0.334 e. The van der Waals surface area contributed by atoms with Crippen LogP contribution in [0.4, 0.5) is 0 Å². The molecular weight excluding hydrogens is 250 g/mol. The summed E-state index contributed by atoms with van der Waals surface area (Å²) in [6.45, 7) is 4.75. The molecule has 18 heavy (non-hydrogen) atoms. The maximum atomic E-state index is 11.0. The van der Waals surface area contributed by atoms with Gasteiger partial charge in [0.15, 0.2) is 6.10 Å². The van der Waals surface area contributed by atoms with Crippen LogP contribution in [0.1, 0.15) is 18.7 Å². The van der Waals surface area contributed by atoms with Crippen LogP contribution >= 0.6 is 11.3 Å². The fourth-order valence-electron chi connectivity index (χ4n) is 1.72. The van der Waals surface area contributed by atoms with E-state index in [1.54, 1.807) is 11.3 Å². The van der Waals surface area contributed by atoms with E-state index < -0.39 is 12.1 Å². The maximum Gasteiger partial charge on any atom is 0.334 e. The van der Waals surface area contributed by atoms with Crippen molar-refractivity contribution in [1.82, 2.24) is 4.90 Å². The van der Waals surface area contributed by atoms with Crippen molar-refractivity contribution in [2.75, 3.05) is 20.2 Å². The van der Waals surface area contributed by atoms with Crippen LogP contribution in [0.2, 0.25) is 0 Å². The van der Waals surface area contributed by atoms with E-state index >= 15 is 0 Å². The molecule has 0 bridgehead atoms. The van der Waals surface area contributed by atoms with E-state index in [4.69, 9.17) is 9.84 Å². The van der Waals surface area contributed by atoms with E-state index in [2.05, 4.69) is 18.4 Å². The van der Waals surface area contributed by atoms with E-state index in [9.17, 15) is 4.79 Å². The summed E-state index contributed by atoms with van der Waals surface area (Å²) in [5.74, 6) is -0.896. The van der Waals surface area contributed by atoms with Crippen LogP contribution in [-0.2, 0) is 16.0 Å². The Hall–Kier alpha value is -0.910. The fourth-order valence-corrected chi connectivity index (χ4v) is 2.55. The first-order valence-electron chi connectivity index (χ1n) is 6.11. The van der Waals surface area contributed by atoms with Gasteiger partial charge in [-0.1, -0.05) is 6.07 Å². The SMILES string of the molecule is CCOC(CN(C)C(C)Cc1cccs1)C(=O)O. The Kier molecular flexibility index (Phi) is 6.32. The zero-order valence-corrected chi connectivity index (χ0v) is 11.9. The number of carbonyl (C=O) groups is 1. The number of rotatable bonds is 8. The van der Waals surface area contributed by atoms with E-state index in [1.807, 2.05) is 24.9 Å². The number of nitrogens with zero attached hydrogens (tertiary/aromatic N) is 1. The van der Waals surface area contributed by atoms with Crippen LogP contribution in [0.3, 0.4) is 0 Å². The summed E-state index contributed by atoms with van der Waals surface area (Å²) in [5, 5.41) is 11.1. The molecule has 1 N–H and O–H groups in total. The molecule has 1 aromatic heterocycles. The molecule has 2 unspecified atom stereocenters. The van der Waals surface area contributed by atoms with Crippen LogP contribution in [0, 0.1) is 0 Å². The summed E-state index contributed by atoms with van der Waals surface area (Å²) < 4.78 is 5.22. The molecule has 0 aromatic carbocycles. The number of thiophene rings is 1. The predicted octanol–water partition coefficient (Wildman–Crippen LogP) is 2.10. The van der Waals surface area contributed by atoms with E-state index in [1.165, 1.54) is 4.88 Å². The molecule has 0 aliphatic rings. The maximum absolute atomic E-state index is 11.0. The number of ether oxygens (including phenoxy) is 1. The second kappa shape index (κ2) is 7.51. The Morgan fingerprint density at radius 2 is 2.33 bits per heavy atom. The Bertz CT molecular complexity index is 353. The number of aliphatic carboxylic acids is 1. The number of hydrogen-bond acceptors (Lipinski definition) is 4. The predicted molar refractivity (Wildman–Crippen MR) is 73.2 cm³/mol. The molecule has 0 saturated heterocycles. The molecule has 1 aromatic rings. The lowest BCUT2D eigenvalue weighted by Gasteiger charge is -2.27. The molecular formula is C13H21NO3S. The standard InChI is InChI=1S/C13H21NO3S/c1-4-17-12(13(15)16)9-14(3)10(2)8-11-6-5-7-18-11/h5-7,10,12H,4,8-9H2,1-3H3,(H,15,16). The Morgan fingerprint density at radius 1 is 1.61 bits per heavy atom. The van der Waals surface area contributed by atoms with Crippen molar-refractivity contribution >= 4 is 17.3 Å². The first kappa shape index (κ1) is 15.1. The van der Waals surface area contributed by atoms with Gasteiger partial charge in [-0.25, -0.2) is 4.79 Å². The zero-order valence-electron chi connectivity index (χ0n) is 11.1. The van der Waals surface area contributed by atoms with E-state index in [-0.39, 0.29) is 0 Å². The molecule has 0 spiro atoms. The summed E-state index contributed by atoms with van der Waals surface area (Å²) in [6.07, 6.45) is 0.192. The van der Waals surface area contributed by atoms with Crippen LogP contribution in [-0.4, -0.2) is 48.3 Å². The molecule has 1 heterocycles. The third-order valence-electron chi connectivity index (χ3n) is 2.93. The van der Waals surface area contributed by atoms with Gasteiger partial charge in [0.05, 0.1) is 0 Å². The van der Waals surface area contributed by atoms with Gasteiger partial charge in [0, 0.05) is 24.1 Å². The number of carboxylic acids is 1. The van der Waals surface area contributed by atoms with Gasteiger partial charge in [-0.2, -0.15) is 0 Å². The summed E-state index contributed by atoms with van der Waals surface area (Å²) in [7, 11) is 1.94. The average molecular weight is 271 g/mol. The minimum atomic E-state index is -0.896. The Labute approximate surface area is 112 Å². The van der Waals surface area contributed by atoms with Gasteiger partial charge in [-0.05, 0) is 38.8 Å². The number of likely N-dealkylation sites (N-methyl/N-ethyl adjacent to an activating group) is 1. The summed E-state index contributed by atoms with van der Waals surface area (Å²) in [4.78, 5) is 14.4. The van der Waals surface area contributed by atoms with Crippen molar-refractivity contribution in [3.05, 3.63) is 22.4 Å². The third kappa shape index (κ3) is 4.76. The van der Waals surface area contributed by atoms with Crippen LogP contribution in [0.25, 0.3) is 0 Å². The molecule has 1 rings (SSSR count). The summed E-state index contributed by atoms with van der Waals surface area (Å²) in [5.41, 5.74) is 0. The van der Waals surface area contributed by atoms with Crippen LogP contribution < -0.4 is 0 Å². The molecule has 0 aliphatic heterocycles. The molecule has 0 saturated carbocycles. The molecule has 4 nitrogen and oxygen atoms in total. The Balaban J connectivity index is 2.47. The first-order chi connectivity index (χ1) is 8.54. The van der Waals surface area contributed by atoms with Gasteiger partial charge in [-0.3, -0.25) is 0 Å². The highest BCUT2D eigenvalue weighted by Crippen LogP contribution is 2.14. The zero-order chi connectivity index (χ0) is 13.5. The van der Waals surface area contributed by atoms with Gasteiger partial charge >= 0.3 is 5.97 Å². The van der Waals surface area contributed by atoms with Crippen molar-refractivity contribution < 1.29 is 14.6 Å². The van der Waals surface area contributed by atoms with Gasteiger partial charge in [0.25, 0.3) is 0 Å². The van der Waals surface area contributed by atoms with Gasteiger partial charge in [0.1, 0.15) is 0 Å². The lowest BCUT2D eigenvalue weighted by molar-refractivity contribution is -0.151. The monoisotopic (exact) mass is 271 g/mol. The quantitative estimate of drug-likeness (QED) is 0.786. The highest BCUT2D eigenvalue weighted by atomic mass is 32.1. The van der Waals surface area contributed by atoms with Crippen molar-refractivity contribution in [2.45, 2.75) is 32.4 Å². The highest BCUT2D eigenvalue weighted by Gasteiger charge is 2.22. The normalized spacial score (nSPS) is 14.7. The molecule has 2 atom stereocenters. The first-order valence-corrected chi connectivity index (χ1v) is 6.99. The lowest BCUT2D eigenvalue weighted by atomic mass is 10.1. The van der Waals surface area contributed by atoms with Gasteiger partial charge in [-0.15, -0.1) is 11.3 Å². The molecule has 0 amide bonds. The largest absolute Gasteiger partial charge is 0.479 e. The van der Waals surface area contributed by atoms with Crippen molar-refractivity contribution in [1.29, 1.82) is 0 Å². The fraction of sp³-hybridized carbons (Fsp3) is 0.615. The second-order valence-electron chi connectivity index (χ2n) is 4.35. The highest BCUT2D eigenvalue weighted by molar-refractivity contribution is 7.09. The topological polar surface area (TPSA) is 49.8 Å². The lowest BCUT2D eigenvalue weighted by Crippen LogP contribution is -2.41. The van der Waals surface area contributed by atoms with E-state index in [0.717, 1.165) is 6.42 Å². The summed E-state index contributed by atoms with van der Waals surface area (Å²) >= 11 is 1.73.